The zero-order valence-electron chi connectivity index (χ0n) is 11.1. The van der Waals surface area contributed by atoms with Gasteiger partial charge in [0.1, 0.15) is 5.82 Å². The van der Waals surface area contributed by atoms with Gasteiger partial charge in [-0.3, -0.25) is 9.36 Å². The van der Waals surface area contributed by atoms with Gasteiger partial charge in [-0.25, -0.2) is 9.37 Å². The molecule has 2 aromatic rings. The van der Waals surface area contributed by atoms with Crippen molar-refractivity contribution in [3.8, 4) is 0 Å². The Bertz CT molecular complexity index is 632. The predicted octanol–water partition coefficient (Wildman–Crippen LogP) is 2.79. The highest BCUT2D eigenvalue weighted by Gasteiger charge is 2.10. The fourth-order valence-corrected chi connectivity index (χ4v) is 1.74. The van der Waals surface area contributed by atoms with Crippen molar-refractivity contribution in [2.75, 3.05) is 5.32 Å². The fourth-order valence-electron chi connectivity index (χ4n) is 1.74. The van der Waals surface area contributed by atoms with Gasteiger partial charge in [0, 0.05) is 24.5 Å². The molecule has 19 heavy (non-hydrogen) atoms. The van der Waals surface area contributed by atoms with Gasteiger partial charge in [0.15, 0.2) is 0 Å². The van der Waals surface area contributed by atoms with E-state index in [1.165, 1.54) is 16.7 Å². The van der Waals surface area contributed by atoms with Crippen LogP contribution < -0.4 is 10.9 Å². The van der Waals surface area contributed by atoms with Crippen LogP contribution in [0.4, 0.5) is 16.0 Å². The van der Waals surface area contributed by atoms with Crippen molar-refractivity contribution in [3.63, 3.8) is 0 Å². The van der Waals surface area contributed by atoms with Crippen LogP contribution in [0.1, 0.15) is 25.3 Å². The molecule has 0 aliphatic heterocycles. The largest absolute Gasteiger partial charge is 0.326 e. The van der Waals surface area contributed by atoms with Crippen molar-refractivity contribution < 1.29 is 4.39 Å². The van der Waals surface area contributed by atoms with Gasteiger partial charge in [-0.15, -0.1) is 0 Å². The van der Waals surface area contributed by atoms with Gasteiger partial charge >= 0.3 is 0 Å². The van der Waals surface area contributed by atoms with Gasteiger partial charge in [0.2, 0.25) is 5.95 Å². The summed E-state index contributed by atoms with van der Waals surface area (Å²) in [5.74, 6) is 0.259. The lowest BCUT2D eigenvalue weighted by molar-refractivity contribution is 0.628. The standard InChI is InChI=1S/C14H16FN3O/c1-9(2)12-8-16-14(18(3)13(12)19)17-11-6-4-10(15)5-7-11/h4-9H,1-3H3,(H,16,17). The SMILES string of the molecule is CC(C)c1cnc(Nc2ccc(F)cc2)n(C)c1=O. The molecule has 5 heteroatoms. The molecular weight excluding hydrogens is 245 g/mol. The van der Waals surface area contributed by atoms with Crippen LogP contribution in [0, 0.1) is 5.82 Å². The second-order valence-electron chi connectivity index (χ2n) is 4.69. The van der Waals surface area contributed by atoms with E-state index in [-0.39, 0.29) is 17.3 Å². The molecule has 1 aromatic heterocycles. The van der Waals surface area contributed by atoms with Gasteiger partial charge in [-0.1, -0.05) is 13.8 Å². The van der Waals surface area contributed by atoms with Crippen molar-refractivity contribution in [1.82, 2.24) is 9.55 Å². The molecule has 0 saturated carbocycles. The minimum atomic E-state index is -0.303. The third-order valence-corrected chi connectivity index (χ3v) is 2.92. The molecule has 1 aromatic carbocycles. The Morgan fingerprint density at radius 2 is 1.89 bits per heavy atom. The van der Waals surface area contributed by atoms with E-state index in [0.717, 1.165) is 0 Å². The Labute approximate surface area is 110 Å². The molecular formula is C14H16FN3O. The maximum atomic E-state index is 12.8. The molecule has 100 valence electrons. The maximum absolute atomic E-state index is 12.8. The Hall–Kier alpha value is -2.17. The molecule has 0 radical (unpaired) electrons. The van der Waals surface area contributed by atoms with Crippen LogP contribution in [0.3, 0.4) is 0 Å². The summed E-state index contributed by atoms with van der Waals surface area (Å²) in [7, 11) is 1.66. The van der Waals surface area contributed by atoms with Gasteiger partial charge in [0.25, 0.3) is 5.56 Å². The lowest BCUT2D eigenvalue weighted by Gasteiger charge is -2.12. The van der Waals surface area contributed by atoms with Crippen molar-refractivity contribution >= 4 is 11.6 Å². The molecule has 0 amide bonds. The maximum Gasteiger partial charge on any atom is 0.258 e. The van der Waals surface area contributed by atoms with Crippen molar-refractivity contribution in [3.05, 3.63) is 52.2 Å². The molecule has 1 heterocycles. The second-order valence-corrected chi connectivity index (χ2v) is 4.69. The summed E-state index contributed by atoms with van der Waals surface area (Å²) >= 11 is 0. The summed E-state index contributed by atoms with van der Waals surface area (Å²) in [4.78, 5) is 16.3. The average Bonchev–Trinajstić information content (AvgIpc) is 2.37. The Morgan fingerprint density at radius 3 is 2.47 bits per heavy atom. The summed E-state index contributed by atoms with van der Waals surface area (Å²) in [5.41, 5.74) is 1.28. The number of rotatable bonds is 3. The molecule has 0 saturated heterocycles. The first-order valence-corrected chi connectivity index (χ1v) is 6.07. The van der Waals surface area contributed by atoms with Gasteiger partial charge in [-0.05, 0) is 30.2 Å². The highest BCUT2D eigenvalue weighted by Crippen LogP contribution is 2.15. The second kappa shape index (κ2) is 5.22. The quantitative estimate of drug-likeness (QED) is 0.924. The first-order valence-electron chi connectivity index (χ1n) is 6.07. The summed E-state index contributed by atoms with van der Waals surface area (Å²) in [6, 6.07) is 5.89. The fraction of sp³-hybridized carbons (Fsp3) is 0.286. The van der Waals surface area contributed by atoms with Crippen LogP contribution in [0.25, 0.3) is 0 Å². The number of nitrogens with zero attached hydrogens (tertiary/aromatic N) is 2. The third kappa shape index (κ3) is 2.81. The van der Waals surface area contributed by atoms with E-state index in [4.69, 9.17) is 0 Å². The molecule has 4 nitrogen and oxygen atoms in total. The van der Waals surface area contributed by atoms with E-state index in [1.54, 1.807) is 25.4 Å². The number of hydrogen-bond donors (Lipinski definition) is 1. The highest BCUT2D eigenvalue weighted by molar-refractivity contribution is 5.53. The summed E-state index contributed by atoms with van der Waals surface area (Å²) < 4.78 is 14.3. The number of anilines is 2. The summed E-state index contributed by atoms with van der Waals surface area (Å²) in [6.45, 7) is 3.90. The van der Waals surface area contributed by atoms with Crippen molar-refractivity contribution in [2.45, 2.75) is 19.8 Å². The first kappa shape index (κ1) is 13.3. The van der Waals surface area contributed by atoms with E-state index in [2.05, 4.69) is 10.3 Å². The molecule has 1 N–H and O–H groups in total. The van der Waals surface area contributed by atoms with E-state index in [0.29, 0.717) is 17.2 Å². The molecule has 0 atom stereocenters. The lowest BCUT2D eigenvalue weighted by atomic mass is 10.1. The highest BCUT2D eigenvalue weighted by atomic mass is 19.1. The Balaban J connectivity index is 2.34. The van der Waals surface area contributed by atoms with Crippen molar-refractivity contribution in [2.24, 2.45) is 7.05 Å². The minimum absolute atomic E-state index is 0.0744. The molecule has 0 bridgehead atoms. The molecule has 2 rings (SSSR count). The van der Waals surface area contributed by atoms with Crippen molar-refractivity contribution in [1.29, 1.82) is 0 Å². The minimum Gasteiger partial charge on any atom is -0.326 e. The molecule has 0 fully saturated rings. The van der Waals surface area contributed by atoms with Gasteiger partial charge in [0.05, 0.1) is 0 Å². The number of aromatic nitrogens is 2. The predicted molar refractivity (Wildman–Crippen MR) is 73.2 cm³/mol. The Kier molecular flexibility index (Phi) is 3.64. The number of hydrogen-bond acceptors (Lipinski definition) is 3. The first-order chi connectivity index (χ1) is 8.99. The molecule has 0 spiro atoms. The summed E-state index contributed by atoms with van der Waals surface area (Å²) in [5, 5.41) is 2.99. The Morgan fingerprint density at radius 1 is 1.26 bits per heavy atom. The third-order valence-electron chi connectivity index (χ3n) is 2.92. The van der Waals surface area contributed by atoms with Crippen LogP contribution >= 0.6 is 0 Å². The van der Waals surface area contributed by atoms with Gasteiger partial charge in [-0.2, -0.15) is 0 Å². The topological polar surface area (TPSA) is 46.9 Å². The zero-order chi connectivity index (χ0) is 14.0. The average molecular weight is 261 g/mol. The molecule has 0 aliphatic rings. The smallest absolute Gasteiger partial charge is 0.258 e. The van der Waals surface area contributed by atoms with Crippen LogP contribution in [-0.2, 0) is 7.05 Å². The number of halogens is 1. The molecule has 0 aliphatic carbocycles. The zero-order valence-corrected chi connectivity index (χ0v) is 11.1. The summed E-state index contributed by atoms with van der Waals surface area (Å²) in [6.07, 6.45) is 1.58. The number of nitrogens with one attached hydrogen (secondary N) is 1. The van der Waals surface area contributed by atoms with Crippen LogP contribution in [-0.4, -0.2) is 9.55 Å². The van der Waals surface area contributed by atoms with E-state index in [1.807, 2.05) is 13.8 Å². The van der Waals surface area contributed by atoms with Gasteiger partial charge < -0.3 is 5.32 Å². The van der Waals surface area contributed by atoms with E-state index >= 15 is 0 Å². The van der Waals surface area contributed by atoms with Crippen LogP contribution in [0.15, 0.2) is 35.3 Å². The van der Waals surface area contributed by atoms with Crippen LogP contribution in [0.2, 0.25) is 0 Å². The lowest BCUT2D eigenvalue weighted by Crippen LogP contribution is -2.25. The monoisotopic (exact) mass is 261 g/mol. The number of benzene rings is 1. The van der Waals surface area contributed by atoms with E-state index in [9.17, 15) is 9.18 Å². The normalized spacial score (nSPS) is 10.8. The van der Waals surface area contributed by atoms with E-state index < -0.39 is 0 Å². The van der Waals surface area contributed by atoms with Crippen LogP contribution in [0.5, 0.6) is 0 Å². The molecule has 0 unspecified atom stereocenters.